The molecule has 0 fully saturated rings. The van der Waals surface area contributed by atoms with Crippen LogP contribution in [0.25, 0.3) is 0 Å². The number of nitrogens with one attached hydrogen (secondary N) is 1. The number of hydrogen-bond acceptors (Lipinski definition) is 5. The number of nitrogens with zero attached hydrogens (tertiary/aromatic N) is 4. The molecule has 0 spiro atoms. The Balaban J connectivity index is 2.11. The van der Waals surface area contributed by atoms with E-state index in [1.54, 1.807) is 6.92 Å². The number of aromatic nitrogens is 2. The van der Waals surface area contributed by atoms with Crippen LogP contribution in [0.5, 0.6) is 0 Å². The van der Waals surface area contributed by atoms with E-state index < -0.39 is 16.8 Å². The lowest BCUT2D eigenvalue weighted by molar-refractivity contribution is -0.384. The summed E-state index contributed by atoms with van der Waals surface area (Å²) in [6.45, 7) is 1.60. The van der Waals surface area contributed by atoms with E-state index in [1.807, 2.05) is 0 Å². The number of carbonyl (C=O) groups is 1. The fraction of sp³-hybridized carbons (Fsp3) is 0.154. The quantitative estimate of drug-likeness (QED) is 0.525. The standard InChI is InChI=1S/C13H12FN5O3/c1-8-11(12(14)18(2)17-8)7-15-16-13(20)9-4-3-5-10(6-9)19(21)22/h3-7H,1-2H3,(H,16,20)/b15-7-. The van der Waals surface area contributed by atoms with E-state index >= 15 is 0 Å². The minimum Gasteiger partial charge on any atom is -0.267 e. The number of rotatable bonds is 4. The van der Waals surface area contributed by atoms with Crippen molar-refractivity contribution in [2.75, 3.05) is 0 Å². The molecule has 9 heteroatoms. The molecule has 0 saturated heterocycles. The number of benzene rings is 1. The number of amides is 1. The van der Waals surface area contributed by atoms with Crippen LogP contribution < -0.4 is 5.43 Å². The zero-order valence-corrected chi connectivity index (χ0v) is 11.8. The molecule has 1 N–H and O–H groups in total. The van der Waals surface area contributed by atoms with Crippen LogP contribution in [0, 0.1) is 23.0 Å². The van der Waals surface area contributed by atoms with Crippen molar-refractivity contribution in [3.05, 3.63) is 57.1 Å². The largest absolute Gasteiger partial charge is 0.271 e. The zero-order valence-electron chi connectivity index (χ0n) is 11.8. The van der Waals surface area contributed by atoms with Gasteiger partial charge in [0.15, 0.2) is 0 Å². The van der Waals surface area contributed by atoms with Crippen molar-refractivity contribution in [2.24, 2.45) is 12.1 Å². The molecule has 22 heavy (non-hydrogen) atoms. The van der Waals surface area contributed by atoms with Gasteiger partial charge in [-0.3, -0.25) is 14.9 Å². The smallest absolute Gasteiger partial charge is 0.267 e. The summed E-state index contributed by atoms with van der Waals surface area (Å²) >= 11 is 0. The second-order valence-corrected chi connectivity index (χ2v) is 4.42. The number of aryl methyl sites for hydroxylation is 2. The predicted octanol–water partition coefficient (Wildman–Crippen LogP) is 1.54. The maximum atomic E-state index is 13.6. The Morgan fingerprint density at radius 3 is 2.86 bits per heavy atom. The Labute approximate surface area is 124 Å². The van der Waals surface area contributed by atoms with Gasteiger partial charge in [0.2, 0.25) is 5.95 Å². The zero-order chi connectivity index (χ0) is 16.3. The molecule has 2 rings (SSSR count). The molecule has 1 amide bonds. The normalized spacial score (nSPS) is 10.9. The van der Waals surface area contributed by atoms with Gasteiger partial charge in [0.05, 0.1) is 22.4 Å². The third-order valence-electron chi connectivity index (χ3n) is 2.88. The number of nitro benzene ring substituents is 1. The molecule has 2 aromatic rings. The maximum absolute atomic E-state index is 13.6. The summed E-state index contributed by atoms with van der Waals surface area (Å²) in [5.41, 5.74) is 2.64. The monoisotopic (exact) mass is 305 g/mol. The third-order valence-corrected chi connectivity index (χ3v) is 2.88. The fourth-order valence-electron chi connectivity index (χ4n) is 1.77. The van der Waals surface area contributed by atoms with Gasteiger partial charge in [0.1, 0.15) is 0 Å². The number of non-ortho nitro benzene ring substituents is 1. The Hall–Kier alpha value is -3.10. The van der Waals surface area contributed by atoms with Crippen molar-refractivity contribution >= 4 is 17.8 Å². The van der Waals surface area contributed by atoms with Crippen LogP contribution in [0.4, 0.5) is 10.1 Å². The number of halogens is 1. The van der Waals surface area contributed by atoms with Crippen molar-refractivity contribution in [2.45, 2.75) is 6.92 Å². The van der Waals surface area contributed by atoms with E-state index in [-0.39, 0.29) is 16.8 Å². The highest BCUT2D eigenvalue weighted by Crippen LogP contribution is 2.13. The van der Waals surface area contributed by atoms with Gasteiger partial charge in [0.25, 0.3) is 11.6 Å². The van der Waals surface area contributed by atoms with Gasteiger partial charge in [-0.2, -0.15) is 14.6 Å². The number of nitro groups is 1. The first-order chi connectivity index (χ1) is 10.4. The summed E-state index contributed by atoms with van der Waals surface area (Å²) in [6, 6.07) is 5.20. The lowest BCUT2D eigenvalue weighted by Gasteiger charge is -1.99. The first-order valence-electron chi connectivity index (χ1n) is 6.17. The van der Waals surface area contributed by atoms with Crippen molar-refractivity contribution in [3.8, 4) is 0 Å². The van der Waals surface area contributed by atoms with Crippen LogP contribution in [-0.4, -0.2) is 26.8 Å². The molecular formula is C13H12FN5O3. The summed E-state index contributed by atoms with van der Waals surface area (Å²) in [4.78, 5) is 21.9. The van der Waals surface area contributed by atoms with E-state index in [0.29, 0.717) is 5.69 Å². The highest BCUT2D eigenvalue weighted by molar-refractivity contribution is 5.95. The molecule has 0 unspecified atom stereocenters. The van der Waals surface area contributed by atoms with E-state index in [9.17, 15) is 19.3 Å². The molecule has 0 aliphatic rings. The van der Waals surface area contributed by atoms with Gasteiger partial charge in [-0.1, -0.05) is 6.07 Å². The second-order valence-electron chi connectivity index (χ2n) is 4.42. The highest BCUT2D eigenvalue weighted by atomic mass is 19.1. The number of carbonyl (C=O) groups excluding carboxylic acids is 1. The van der Waals surface area contributed by atoms with Crippen LogP contribution >= 0.6 is 0 Å². The molecule has 114 valence electrons. The molecular weight excluding hydrogens is 293 g/mol. The fourth-order valence-corrected chi connectivity index (χ4v) is 1.77. The van der Waals surface area contributed by atoms with Crippen molar-refractivity contribution in [1.82, 2.24) is 15.2 Å². The third kappa shape index (κ3) is 3.14. The average molecular weight is 305 g/mol. The van der Waals surface area contributed by atoms with Crippen LogP contribution in [0.2, 0.25) is 0 Å². The topological polar surface area (TPSA) is 102 Å². The molecule has 0 aliphatic heterocycles. The van der Waals surface area contributed by atoms with Crippen LogP contribution in [0.1, 0.15) is 21.6 Å². The minimum atomic E-state index is -0.637. The molecule has 1 aromatic heterocycles. The summed E-state index contributed by atoms with van der Waals surface area (Å²) in [7, 11) is 1.45. The Morgan fingerprint density at radius 2 is 2.27 bits per heavy atom. The van der Waals surface area contributed by atoms with Gasteiger partial charge in [0, 0.05) is 24.7 Å². The lowest BCUT2D eigenvalue weighted by Crippen LogP contribution is -2.17. The molecule has 0 aliphatic carbocycles. The molecule has 1 aromatic carbocycles. The maximum Gasteiger partial charge on any atom is 0.271 e. The molecule has 0 radical (unpaired) electrons. The molecule has 0 bridgehead atoms. The first-order valence-corrected chi connectivity index (χ1v) is 6.17. The molecule has 1 heterocycles. The summed E-state index contributed by atoms with van der Waals surface area (Å²) in [5.74, 6) is -1.22. The average Bonchev–Trinajstić information content (AvgIpc) is 2.73. The lowest BCUT2D eigenvalue weighted by atomic mass is 10.2. The summed E-state index contributed by atoms with van der Waals surface area (Å²) in [6.07, 6.45) is 1.13. The Morgan fingerprint density at radius 1 is 1.55 bits per heavy atom. The summed E-state index contributed by atoms with van der Waals surface area (Å²) < 4.78 is 14.7. The number of hydrogen-bond donors (Lipinski definition) is 1. The van der Waals surface area contributed by atoms with Gasteiger partial charge < -0.3 is 0 Å². The van der Waals surface area contributed by atoms with Gasteiger partial charge in [-0.15, -0.1) is 0 Å². The highest BCUT2D eigenvalue weighted by Gasteiger charge is 2.12. The molecule has 8 nitrogen and oxygen atoms in total. The second kappa shape index (κ2) is 6.12. The van der Waals surface area contributed by atoms with Crippen LogP contribution in [-0.2, 0) is 7.05 Å². The van der Waals surface area contributed by atoms with Gasteiger partial charge in [-0.05, 0) is 13.0 Å². The van der Waals surface area contributed by atoms with Gasteiger partial charge in [-0.25, -0.2) is 10.1 Å². The van der Waals surface area contributed by atoms with E-state index in [2.05, 4.69) is 15.6 Å². The van der Waals surface area contributed by atoms with Crippen molar-refractivity contribution < 1.29 is 14.1 Å². The van der Waals surface area contributed by atoms with E-state index in [4.69, 9.17) is 0 Å². The van der Waals surface area contributed by atoms with Crippen LogP contribution in [0.3, 0.4) is 0 Å². The van der Waals surface area contributed by atoms with Gasteiger partial charge >= 0.3 is 0 Å². The van der Waals surface area contributed by atoms with E-state index in [1.165, 1.54) is 25.2 Å². The molecule has 0 saturated carbocycles. The van der Waals surface area contributed by atoms with Crippen molar-refractivity contribution in [1.29, 1.82) is 0 Å². The Bertz CT molecular complexity index is 769. The Kier molecular flexibility index (Phi) is 4.25. The SMILES string of the molecule is Cc1nn(C)c(F)c1/C=N\NC(=O)c1cccc([N+](=O)[O-])c1. The molecule has 0 atom stereocenters. The van der Waals surface area contributed by atoms with Crippen molar-refractivity contribution in [3.63, 3.8) is 0 Å². The van der Waals surface area contributed by atoms with E-state index in [0.717, 1.165) is 17.0 Å². The number of hydrazone groups is 1. The van der Waals surface area contributed by atoms with Crippen LogP contribution in [0.15, 0.2) is 29.4 Å². The minimum absolute atomic E-state index is 0.0785. The predicted molar refractivity (Wildman–Crippen MR) is 76.1 cm³/mol. The first kappa shape index (κ1) is 15.3. The summed E-state index contributed by atoms with van der Waals surface area (Å²) in [5, 5.41) is 18.1.